The Labute approximate surface area is 89.3 Å². The Morgan fingerprint density at radius 3 is 2.67 bits per heavy atom. The third-order valence-corrected chi connectivity index (χ3v) is 3.54. The topological polar surface area (TPSA) is 62.1 Å². The molecule has 7 heteroatoms. The molecule has 0 aromatic heterocycles. The number of aliphatic imine (C=N–C) groups is 1. The normalized spacial score (nSPS) is 45.5. The minimum Gasteiger partial charge on any atom is -0.388 e. The lowest BCUT2D eigenvalue weighted by Crippen LogP contribution is -2.56. The fourth-order valence-corrected chi connectivity index (χ4v) is 2.79. The number of hydrogen-bond donors (Lipinski definition) is 2. The predicted molar refractivity (Wildman–Crippen MR) is 51.2 cm³/mol. The molecule has 0 bridgehead atoms. The summed E-state index contributed by atoms with van der Waals surface area (Å²) in [5, 5.41) is 19.7. The zero-order chi connectivity index (χ0) is 11.2. The minimum absolute atomic E-state index is 0.609. The van der Waals surface area contributed by atoms with Crippen molar-refractivity contribution in [2.75, 3.05) is 0 Å². The second-order valence-electron chi connectivity index (χ2n) is 3.54. The summed E-state index contributed by atoms with van der Waals surface area (Å²) in [6.45, 7) is 1.71. The number of fused-ring (bicyclic) bond motifs is 1. The van der Waals surface area contributed by atoms with Gasteiger partial charge in [-0.05, 0) is 6.92 Å². The van der Waals surface area contributed by atoms with Gasteiger partial charge in [-0.15, -0.1) is 0 Å². The third-order valence-electron chi connectivity index (χ3n) is 2.47. The number of nitrogens with zero attached hydrogens (tertiary/aromatic N) is 1. The summed E-state index contributed by atoms with van der Waals surface area (Å²) in [5.41, 5.74) is -0.609. The molecule has 0 amide bonds. The van der Waals surface area contributed by atoms with Gasteiger partial charge in [0.25, 0.3) is 6.43 Å². The molecule has 2 rings (SSSR count). The number of aliphatic hydroxyl groups is 2. The Morgan fingerprint density at radius 2 is 2.07 bits per heavy atom. The number of hydrogen-bond acceptors (Lipinski definition) is 5. The summed E-state index contributed by atoms with van der Waals surface area (Å²) < 4.78 is 29.9. The SMILES string of the molecule is CC1=N[C@@H]2[C@@H](O)[C@H](O)[C@@H](C(F)F)O[C@@H]2S1. The highest BCUT2D eigenvalue weighted by Gasteiger charge is 2.50. The molecule has 4 nitrogen and oxygen atoms in total. The summed E-state index contributed by atoms with van der Waals surface area (Å²) in [6.07, 6.45) is -7.30. The van der Waals surface area contributed by atoms with Crippen molar-refractivity contribution in [1.29, 1.82) is 0 Å². The van der Waals surface area contributed by atoms with Crippen molar-refractivity contribution in [2.24, 2.45) is 4.99 Å². The maximum atomic E-state index is 12.5. The van der Waals surface area contributed by atoms with E-state index >= 15 is 0 Å². The number of alkyl halides is 2. The van der Waals surface area contributed by atoms with Crippen molar-refractivity contribution in [1.82, 2.24) is 0 Å². The van der Waals surface area contributed by atoms with E-state index in [2.05, 4.69) is 4.99 Å². The van der Waals surface area contributed by atoms with Crippen molar-refractivity contribution < 1.29 is 23.7 Å². The monoisotopic (exact) mass is 239 g/mol. The first-order valence-electron chi connectivity index (χ1n) is 4.51. The standard InChI is InChI=1S/C8H11F2NO3S/c1-2-11-3-4(12)5(13)6(7(9)10)14-8(3)15-2/h3-8,12-13H,1H3/t3-,4-,5+,6+,8-/m1/s1. The van der Waals surface area contributed by atoms with Gasteiger partial charge in [-0.1, -0.05) is 11.8 Å². The van der Waals surface area contributed by atoms with Gasteiger partial charge in [0, 0.05) is 0 Å². The Hall–Kier alpha value is -0.240. The Morgan fingerprint density at radius 1 is 1.40 bits per heavy atom. The Balaban J connectivity index is 2.16. The molecule has 5 atom stereocenters. The minimum atomic E-state index is -2.81. The van der Waals surface area contributed by atoms with Gasteiger partial charge in [0.1, 0.15) is 29.8 Å². The van der Waals surface area contributed by atoms with Crippen molar-refractivity contribution >= 4 is 16.8 Å². The van der Waals surface area contributed by atoms with E-state index in [4.69, 9.17) is 4.74 Å². The fourth-order valence-electron chi connectivity index (χ4n) is 1.72. The van der Waals surface area contributed by atoms with Crippen molar-refractivity contribution in [3.8, 4) is 0 Å². The lowest BCUT2D eigenvalue weighted by atomic mass is 9.98. The molecule has 0 unspecified atom stereocenters. The smallest absolute Gasteiger partial charge is 0.267 e. The fraction of sp³-hybridized carbons (Fsp3) is 0.875. The van der Waals surface area contributed by atoms with Crippen LogP contribution in [0, 0.1) is 0 Å². The van der Waals surface area contributed by atoms with Crippen LogP contribution < -0.4 is 0 Å². The molecule has 0 aromatic rings. The van der Waals surface area contributed by atoms with Gasteiger partial charge in [-0.3, -0.25) is 4.99 Å². The van der Waals surface area contributed by atoms with E-state index in [-0.39, 0.29) is 0 Å². The molecule has 0 aliphatic carbocycles. The van der Waals surface area contributed by atoms with Crippen LogP contribution in [-0.4, -0.2) is 51.5 Å². The number of halogens is 2. The summed E-state index contributed by atoms with van der Waals surface area (Å²) >= 11 is 1.20. The molecule has 0 aromatic carbocycles. The molecule has 0 spiro atoms. The number of rotatable bonds is 1. The highest BCUT2D eigenvalue weighted by Crippen LogP contribution is 2.37. The quantitative estimate of drug-likeness (QED) is 0.687. The van der Waals surface area contributed by atoms with Crippen LogP contribution in [0.25, 0.3) is 0 Å². The number of ether oxygens (including phenoxy) is 1. The van der Waals surface area contributed by atoms with Gasteiger partial charge in [0.15, 0.2) is 0 Å². The second-order valence-corrected chi connectivity index (χ2v) is 4.83. The molecule has 2 heterocycles. The number of aliphatic hydroxyl groups excluding tert-OH is 2. The molecule has 2 aliphatic heterocycles. The van der Waals surface area contributed by atoms with Gasteiger partial charge in [0.2, 0.25) is 0 Å². The third kappa shape index (κ3) is 1.89. The first kappa shape index (κ1) is 11.3. The molecule has 0 saturated carbocycles. The van der Waals surface area contributed by atoms with Crippen LogP contribution in [0.2, 0.25) is 0 Å². The molecule has 86 valence electrons. The van der Waals surface area contributed by atoms with Crippen LogP contribution in [0.15, 0.2) is 4.99 Å². The van der Waals surface area contributed by atoms with Gasteiger partial charge >= 0.3 is 0 Å². The van der Waals surface area contributed by atoms with E-state index in [0.29, 0.717) is 5.04 Å². The van der Waals surface area contributed by atoms with Crippen LogP contribution >= 0.6 is 11.8 Å². The maximum absolute atomic E-state index is 12.5. The molecule has 2 aliphatic rings. The van der Waals surface area contributed by atoms with Crippen molar-refractivity contribution in [2.45, 2.75) is 43.1 Å². The molecule has 2 N–H and O–H groups in total. The summed E-state index contributed by atoms with van der Waals surface area (Å²) in [5.74, 6) is 0. The van der Waals surface area contributed by atoms with E-state index in [1.807, 2.05) is 0 Å². The maximum Gasteiger partial charge on any atom is 0.267 e. The molecule has 0 radical (unpaired) electrons. The van der Waals surface area contributed by atoms with Crippen molar-refractivity contribution in [3.05, 3.63) is 0 Å². The largest absolute Gasteiger partial charge is 0.388 e. The highest BCUT2D eigenvalue weighted by atomic mass is 32.2. The summed E-state index contributed by atoms with van der Waals surface area (Å²) in [4.78, 5) is 4.04. The van der Waals surface area contributed by atoms with E-state index in [1.165, 1.54) is 11.8 Å². The van der Waals surface area contributed by atoms with Crippen LogP contribution in [0.1, 0.15) is 6.92 Å². The lowest BCUT2D eigenvalue weighted by Gasteiger charge is -2.37. The first-order valence-corrected chi connectivity index (χ1v) is 5.39. The molecular formula is C8H11F2NO3S. The summed E-state index contributed by atoms with van der Waals surface area (Å²) in [7, 11) is 0. The average molecular weight is 239 g/mol. The second kappa shape index (κ2) is 3.97. The zero-order valence-electron chi connectivity index (χ0n) is 7.88. The van der Waals surface area contributed by atoms with Gasteiger partial charge in [-0.25, -0.2) is 8.78 Å². The van der Waals surface area contributed by atoms with Crippen LogP contribution in [0.4, 0.5) is 8.78 Å². The van der Waals surface area contributed by atoms with Crippen LogP contribution in [0.3, 0.4) is 0 Å². The van der Waals surface area contributed by atoms with Crippen LogP contribution in [0.5, 0.6) is 0 Å². The Bertz CT molecular complexity index is 289. The van der Waals surface area contributed by atoms with Gasteiger partial charge < -0.3 is 14.9 Å². The van der Waals surface area contributed by atoms with E-state index in [0.717, 1.165) is 0 Å². The predicted octanol–water partition coefficient (Wildman–Crippen LogP) is 0.232. The van der Waals surface area contributed by atoms with Gasteiger partial charge in [0.05, 0.1) is 5.04 Å². The van der Waals surface area contributed by atoms with E-state index in [1.54, 1.807) is 6.92 Å². The molecule has 1 saturated heterocycles. The summed E-state index contributed by atoms with van der Waals surface area (Å²) in [6, 6.07) is -0.639. The molecule has 1 fully saturated rings. The highest BCUT2D eigenvalue weighted by molar-refractivity contribution is 8.14. The lowest BCUT2D eigenvalue weighted by molar-refractivity contribution is -0.193. The average Bonchev–Trinajstić information content (AvgIpc) is 2.52. The van der Waals surface area contributed by atoms with Crippen LogP contribution in [-0.2, 0) is 4.74 Å². The first-order chi connectivity index (χ1) is 7.00. The van der Waals surface area contributed by atoms with Crippen molar-refractivity contribution in [3.63, 3.8) is 0 Å². The molecule has 15 heavy (non-hydrogen) atoms. The zero-order valence-corrected chi connectivity index (χ0v) is 8.69. The van der Waals surface area contributed by atoms with E-state index < -0.39 is 36.2 Å². The number of thioether (sulfide) groups is 1. The Kier molecular flexibility index (Phi) is 2.98. The van der Waals surface area contributed by atoms with E-state index in [9.17, 15) is 19.0 Å². The van der Waals surface area contributed by atoms with Gasteiger partial charge in [-0.2, -0.15) is 0 Å². The molecular weight excluding hydrogens is 228 g/mol.